The summed E-state index contributed by atoms with van der Waals surface area (Å²) in [5, 5.41) is 3.66. The van der Waals surface area contributed by atoms with Crippen molar-refractivity contribution in [3.05, 3.63) is 87.7 Å². The fourth-order valence-electron chi connectivity index (χ4n) is 3.72. The third kappa shape index (κ3) is 4.97. The quantitative estimate of drug-likeness (QED) is 0.448. The molecule has 0 atom stereocenters. The van der Waals surface area contributed by atoms with Crippen molar-refractivity contribution in [2.75, 3.05) is 12.3 Å². The van der Waals surface area contributed by atoms with Crippen LogP contribution in [0.5, 0.6) is 0 Å². The number of thioether (sulfide) groups is 1. The average molecular weight is 421 g/mol. The van der Waals surface area contributed by atoms with Gasteiger partial charge in [-0.25, -0.2) is 4.79 Å². The molecule has 1 aliphatic carbocycles. The molecule has 3 aromatic rings. The zero-order valence-corrected chi connectivity index (χ0v) is 17.5. The van der Waals surface area contributed by atoms with E-state index in [0.29, 0.717) is 18.1 Å². The average Bonchev–Trinajstić information content (AvgIpc) is 3.26. The van der Waals surface area contributed by atoms with E-state index in [1.54, 1.807) is 17.0 Å². The lowest BCUT2D eigenvalue weighted by atomic mass is 10.1. The summed E-state index contributed by atoms with van der Waals surface area (Å²) >= 11 is 1.36. The molecule has 0 fully saturated rings. The van der Waals surface area contributed by atoms with Crippen molar-refractivity contribution in [3.63, 3.8) is 0 Å². The van der Waals surface area contributed by atoms with Crippen molar-refractivity contribution in [1.29, 1.82) is 0 Å². The number of carbonyl (C=O) groups is 1. The van der Waals surface area contributed by atoms with Crippen LogP contribution in [-0.2, 0) is 30.6 Å². The first-order valence-electron chi connectivity index (χ1n) is 10.2. The lowest BCUT2D eigenvalue weighted by molar-refractivity contribution is -0.118. The number of hydrogen-bond acceptors (Lipinski definition) is 5. The molecule has 1 amide bonds. The summed E-state index contributed by atoms with van der Waals surface area (Å²) in [6, 6.07) is 13.9. The maximum absolute atomic E-state index is 12.7. The Balaban J connectivity index is 1.39. The summed E-state index contributed by atoms with van der Waals surface area (Å²) in [4.78, 5) is 33.3. The van der Waals surface area contributed by atoms with E-state index in [4.69, 9.17) is 0 Å². The lowest BCUT2D eigenvalue weighted by Crippen LogP contribution is -2.29. The maximum Gasteiger partial charge on any atom is 0.349 e. The standard InChI is InChI=1S/C23H24N4O2S/c28-21(25-14-11-17-5-2-1-3-6-17)16-30-22-19-7-4-8-20(19)27(23(29)26-22)15-18-9-12-24-13-10-18/h1-3,5-6,9-10,12-13H,4,7-8,11,14-16H2,(H,25,28). The predicted octanol–water partition coefficient (Wildman–Crippen LogP) is 2.63. The molecule has 0 unspecified atom stereocenters. The van der Waals surface area contributed by atoms with Crippen LogP contribution >= 0.6 is 11.8 Å². The van der Waals surface area contributed by atoms with Crippen molar-refractivity contribution in [3.8, 4) is 0 Å². The number of nitrogens with one attached hydrogen (secondary N) is 1. The fourth-order valence-corrected chi connectivity index (χ4v) is 4.62. The molecule has 0 spiro atoms. The fraction of sp³-hybridized carbons (Fsp3) is 0.304. The molecule has 6 nitrogen and oxygen atoms in total. The van der Waals surface area contributed by atoms with Crippen LogP contribution in [0.1, 0.15) is 28.8 Å². The second kappa shape index (κ2) is 9.71. The number of hydrogen-bond donors (Lipinski definition) is 1. The van der Waals surface area contributed by atoms with E-state index >= 15 is 0 Å². The first kappa shape index (κ1) is 20.3. The third-order valence-electron chi connectivity index (χ3n) is 5.21. The third-order valence-corrected chi connectivity index (χ3v) is 6.23. The highest BCUT2D eigenvalue weighted by atomic mass is 32.2. The molecule has 30 heavy (non-hydrogen) atoms. The van der Waals surface area contributed by atoms with Gasteiger partial charge in [0.05, 0.1) is 12.3 Å². The smallest absolute Gasteiger partial charge is 0.349 e. The Kier molecular flexibility index (Phi) is 6.59. The first-order valence-corrected chi connectivity index (χ1v) is 11.1. The molecular formula is C23H24N4O2S. The molecule has 7 heteroatoms. The molecule has 2 aromatic heterocycles. The second-order valence-corrected chi connectivity index (χ2v) is 8.26. The van der Waals surface area contributed by atoms with Gasteiger partial charge in [-0.3, -0.25) is 14.3 Å². The van der Waals surface area contributed by atoms with Gasteiger partial charge in [0.1, 0.15) is 5.03 Å². The number of aromatic nitrogens is 3. The van der Waals surface area contributed by atoms with Crippen LogP contribution in [0.15, 0.2) is 64.7 Å². The van der Waals surface area contributed by atoms with Crippen LogP contribution in [0, 0.1) is 0 Å². The molecule has 2 heterocycles. The number of pyridine rings is 1. The number of rotatable bonds is 8. The Hall–Kier alpha value is -2.93. The molecule has 1 aliphatic rings. The molecule has 0 saturated carbocycles. The molecule has 0 radical (unpaired) electrons. The molecule has 0 aliphatic heterocycles. The minimum Gasteiger partial charge on any atom is -0.355 e. The maximum atomic E-state index is 12.7. The van der Waals surface area contributed by atoms with Gasteiger partial charge >= 0.3 is 5.69 Å². The molecule has 0 bridgehead atoms. The van der Waals surface area contributed by atoms with Gasteiger partial charge in [-0.2, -0.15) is 4.98 Å². The number of amides is 1. The van der Waals surface area contributed by atoms with E-state index in [1.807, 2.05) is 30.3 Å². The number of benzene rings is 1. The monoisotopic (exact) mass is 420 g/mol. The van der Waals surface area contributed by atoms with Crippen LogP contribution in [0.25, 0.3) is 0 Å². The van der Waals surface area contributed by atoms with Gasteiger partial charge < -0.3 is 5.32 Å². The van der Waals surface area contributed by atoms with E-state index < -0.39 is 0 Å². The first-order chi connectivity index (χ1) is 14.7. The lowest BCUT2D eigenvalue weighted by Gasteiger charge is -2.14. The zero-order chi connectivity index (χ0) is 20.8. The van der Waals surface area contributed by atoms with Crippen LogP contribution in [-0.4, -0.2) is 32.7 Å². The van der Waals surface area contributed by atoms with E-state index in [1.165, 1.54) is 17.3 Å². The Morgan fingerprint density at radius 1 is 1.07 bits per heavy atom. The minimum absolute atomic E-state index is 0.0366. The van der Waals surface area contributed by atoms with Crippen molar-refractivity contribution in [2.24, 2.45) is 0 Å². The van der Waals surface area contributed by atoms with Crippen molar-refractivity contribution in [1.82, 2.24) is 19.9 Å². The minimum atomic E-state index is -0.251. The SMILES string of the molecule is O=C(CSc1nc(=O)n(Cc2ccncc2)c2c1CCC2)NCCc1ccccc1. The summed E-state index contributed by atoms with van der Waals surface area (Å²) in [6.45, 7) is 1.10. The largest absolute Gasteiger partial charge is 0.355 e. The molecular weight excluding hydrogens is 396 g/mol. The van der Waals surface area contributed by atoms with E-state index in [2.05, 4.69) is 27.4 Å². The van der Waals surface area contributed by atoms with Crippen molar-refractivity contribution < 1.29 is 4.79 Å². The Bertz CT molecular complexity index is 1070. The van der Waals surface area contributed by atoms with Gasteiger partial charge in [0.2, 0.25) is 5.91 Å². The van der Waals surface area contributed by atoms with Crippen LogP contribution in [0.4, 0.5) is 0 Å². The van der Waals surface area contributed by atoms with Crippen LogP contribution in [0.2, 0.25) is 0 Å². The Morgan fingerprint density at radius 2 is 1.87 bits per heavy atom. The van der Waals surface area contributed by atoms with Gasteiger partial charge in [0, 0.05) is 30.2 Å². The van der Waals surface area contributed by atoms with Crippen LogP contribution in [0.3, 0.4) is 0 Å². The van der Waals surface area contributed by atoms with Gasteiger partial charge in [-0.1, -0.05) is 42.1 Å². The topological polar surface area (TPSA) is 76.9 Å². The number of nitrogens with zero attached hydrogens (tertiary/aromatic N) is 3. The zero-order valence-electron chi connectivity index (χ0n) is 16.7. The summed E-state index contributed by atoms with van der Waals surface area (Å²) in [5.41, 5.74) is 4.15. The van der Waals surface area contributed by atoms with Crippen molar-refractivity contribution >= 4 is 17.7 Å². The van der Waals surface area contributed by atoms with E-state index in [9.17, 15) is 9.59 Å². The molecule has 154 valence electrons. The summed E-state index contributed by atoms with van der Waals surface area (Å²) in [6.07, 6.45) is 7.04. The summed E-state index contributed by atoms with van der Waals surface area (Å²) in [5.74, 6) is 0.229. The van der Waals surface area contributed by atoms with E-state index in [-0.39, 0.29) is 17.3 Å². The van der Waals surface area contributed by atoms with Gasteiger partial charge in [-0.05, 0) is 48.9 Å². The summed E-state index contributed by atoms with van der Waals surface area (Å²) < 4.78 is 1.77. The van der Waals surface area contributed by atoms with Gasteiger partial charge in [0.15, 0.2) is 0 Å². The predicted molar refractivity (Wildman–Crippen MR) is 118 cm³/mol. The van der Waals surface area contributed by atoms with Gasteiger partial charge in [0.25, 0.3) is 0 Å². The highest BCUT2D eigenvalue weighted by Gasteiger charge is 2.22. The highest BCUT2D eigenvalue weighted by Crippen LogP contribution is 2.29. The van der Waals surface area contributed by atoms with E-state index in [0.717, 1.165) is 42.5 Å². The molecule has 0 saturated heterocycles. The molecule has 1 aromatic carbocycles. The normalized spacial score (nSPS) is 12.5. The van der Waals surface area contributed by atoms with Crippen LogP contribution < -0.4 is 11.0 Å². The Morgan fingerprint density at radius 3 is 2.67 bits per heavy atom. The number of carbonyl (C=O) groups excluding carboxylic acids is 1. The molecule has 4 rings (SSSR count). The molecule has 1 N–H and O–H groups in total. The second-order valence-electron chi connectivity index (χ2n) is 7.29. The number of fused-ring (bicyclic) bond motifs is 1. The highest BCUT2D eigenvalue weighted by molar-refractivity contribution is 7.99. The van der Waals surface area contributed by atoms with Gasteiger partial charge in [-0.15, -0.1) is 0 Å². The summed E-state index contributed by atoms with van der Waals surface area (Å²) in [7, 11) is 0. The van der Waals surface area contributed by atoms with Crippen molar-refractivity contribution in [2.45, 2.75) is 37.3 Å². The Labute approximate surface area is 179 Å².